The summed E-state index contributed by atoms with van der Waals surface area (Å²) in [5, 5.41) is 4.17. The van der Waals surface area contributed by atoms with Crippen molar-refractivity contribution in [1.29, 1.82) is 0 Å². The number of ether oxygens (including phenoxy) is 2. The first kappa shape index (κ1) is 16.6. The van der Waals surface area contributed by atoms with Crippen LogP contribution >= 0.6 is 11.6 Å². The molecule has 0 atom stereocenters. The Morgan fingerprint density at radius 1 is 1.24 bits per heavy atom. The third-order valence-corrected chi connectivity index (χ3v) is 3.82. The number of hydrogen-bond donors (Lipinski definition) is 1. The third kappa shape index (κ3) is 6.25. The quantitative estimate of drug-likeness (QED) is 0.662. The fraction of sp³-hybridized carbons (Fsp3) is 0.647. The summed E-state index contributed by atoms with van der Waals surface area (Å²) >= 11 is 6.25. The van der Waals surface area contributed by atoms with Gasteiger partial charge in [-0.2, -0.15) is 0 Å². The second-order valence-corrected chi connectivity index (χ2v) is 6.43. The number of benzene rings is 1. The molecule has 0 unspecified atom stereocenters. The lowest BCUT2D eigenvalue weighted by Gasteiger charge is -2.14. The van der Waals surface area contributed by atoms with Gasteiger partial charge in [0.15, 0.2) is 0 Å². The van der Waals surface area contributed by atoms with E-state index >= 15 is 0 Å². The van der Waals surface area contributed by atoms with E-state index < -0.39 is 0 Å². The van der Waals surface area contributed by atoms with Gasteiger partial charge in [0.1, 0.15) is 12.4 Å². The van der Waals surface area contributed by atoms with Crippen molar-refractivity contribution in [2.24, 2.45) is 5.92 Å². The molecule has 0 bridgehead atoms. The van der Waals surface area contributed by atoms with Crippen LogP contribution in [0.2, 0.25) is 5.02 Å². The first-order valence-electron chi connectivity index (χ1n) is 7.88. The van der Waals surface area contributed by atoms with Crippen LogP contribution in [0.1, 0.15) is 38.7 Å². The van der Waals surface area contributed by atoms with Gasteiger partial charge < -0.3 is 14.8 Å². The Morgan fingerprint density at radius 3 is 2.76 bits per heavy atom. The van der Waals surface area contributed by atoms with E-state index in [9.17, 15) is 0 Å². The van der Waals surface area contributed by atoms with Crippen LogP contribution in [0, 0.1) is 5.92 Å². The van der Waals surface area contributed by atoms with E-state index in [-0.39, 0.29) is 0 Å². The number of para-hydroxylation sites is 1. The summed E-state index contributed by atoms with van der Waals surface area (Å²) < 4.78 is 11.4. The summed E-state index contributed by atoms with van der Waals surface area (Å²) in [7, 11) is 0. The molecule has 4 heteroatoms. The van der Waals surface area contributed by atoms with Crippen LogP contribution in [-0.2, 0) is 11.3 Å². The molecule has 0 radical (unpaired) electrons. The van der Waals surface area contributed by atoms with Crippen LogP contribution < -0.4 is 10.1 Å². The summed E-state index contributed by atoms with van der Waals surface area (Å²) in [6.07, 6.45) is 3.64. The van der Waals surface area contributed by atoms with Crippen molar-refractivity contribution in [3.05, 3.63) is 28.8 Å². The van der Waals surface area contributed by atoms with Gasteiger partial charge in [0.25, 0.3) is 0 Å². The molecule has 2 rings (SSSR count). The number of nitrogens with one attached hydrogen (secondary N) is 1. The van der Waals surface area contributed by atoms with Gasteiger partial charge in [0, 0.05) is 24.8 Å². The Hall–Kier alpha value is -0.770. The molecular formula is C17H26ClNO2. The van der Waals surface area contributed by atoms with Gasteiger partial charge in [-0.05, 0) is 31.2 Å². The molecule has 0 aromatic heterocycles. The van der Waals surface area contributed by atoms with Gasteiger partial charge in [0.05, 0.1) is 11.6 Å². The summed E-state index contributed by atoms with van der Waals surface area (Å²) in [5.74, 6) is 1.47. The summed E-state index contributed by atoms with van der Waals surface area (Å²) in [4.78, 5) is 0. The van der Waals surface area contributed by atoms with Gasteiger partial charge in [-0.25, -0.2) is 0 Å². The average molecular weight is 312 g/mol. The topological polar surface area (TPSA) is 30.5 Å². The van der Waals surface area contributed by atoms with Crippen molar-refractivity contribution in [3.63, 3.8) is 0 Å². The molecule has 0 saturated heterocycles. The van der Waals surface area contributed by atoms with E-state index in [1.54, 1.807) is 0 Å². The fourth-order valence-electron chi connectivity index (χ4n) is 2.02. The molecule has 21 heavy (non-hydrogen) atoms. The minimum atomic E-state index is 0.540. The van der Waals surface area contributed by atoms with Gasteiger partial charge in [-0.1, -0.05) is 37.6 Å². The maximum absolute atomic E-state index is 6.25. The minimum Gasteiger partial charge on any atom is -0.489 e. The lowest BCUT2D eigenvalue weighted by Crippen LogP contribution is -2.17. The van der Waals surface area contributed by atoms with E-state index in [1.165, 1.54) is 12.8 Å². The monoisotopic (exact) mass is 311 g/mol. The SMILES string of the molecule is CC(C)CCOCCOc1c(Cl)cccc1CNC1CC1. The molecule has 1 aliphatic rings. The molecule has 0 heterocycles. The second-order valence-electron chi connectivity index (χ2n) is 6.03. The summed E-state index contributed by atoms with van der Waals surface area (Å²) in [6, 6.07) is 6.59. The van der Waals surface area contributed by atoms with Gasteiger partial charge in [0.2, 0.25) is 0 Å². The molecule has 1 fully saturated rings. The first-order valence-corrected chi connectivity index (χ1v) is 8.26. The highest BCUT2D eigenvalue weighted by Crippen LogP contribution is 2.29. The third-order valence-electron chi connectivity index (χ3n) is 3.52. The molecule has 1 saturated carbocycles. The molecule has 1 aromatic rings. The maximum Gasteiger partial charge on any atom is 0.142 e. The molecule has 118 valence electrons. The van der Waals surface area contributed by atoms with Crippen molar-refractivity contribution < 1.29 is 9.47 Å². The van der Waals surface area contributed by atoms with Crippen molar-refractivity contribution in [2.45, 2.75) is 45.7 Å². The number of rotatable bonds is 10. The molecule has 1 aliphatic carbocycles. The molecule has 0 amide bonds. The Bertz CT molecular complexity index is 433. The fourth-order valence-corrected chi connectivity index (χ4v) is 2.27. The van der Waals surface area contributed by atoms with E-state index in [4.69, 9.17) is 21.1 Å². The zero-order valence-corrected chi connectivity index (χ0v) is 13.8. The summed E-state index contributed by atoms with van der Waals surface area (Å²) in [5.41, 5.74) is 1.12. The van der Waals surface area contributed by atoms with Crippen molar-refractivity contribution in [1.82, 2.24) is 5.32 Å². The standard InChI is InChI=1S/C17H26ClNO2/c1-13(2)8-9-20-10-11-21-17-14(4-3-5-16(17)18)12-19-15-6-7-15/h3-5,13,15,19H,6-12H2,1-2H3. The normalized spacial score (nSPS) is 14.7. The zero-order valence-electron chi connectivity index (χ0n) is 13.0. The number of halogens is 1. The van der Waals surface area contributed by atoms with Crippen LogP contribution in [0.4, 0.5) is 0 Å². The molecule has 1 N–H and O–H groups in total. The van der Waals surface area contributed by atoms with E-state index in [0.717, 1.165) is 30.9 Å². The van der Waals surface area contributed by atoms with Crippen molar-refractivity contribution in [2.75, 3.05) is 19.8 Å². The van der Waals surface area contributed by atoms with E-state index in [1.807, 2.05) is 12.1 Å². The molecule has 1 aromatic carbocycles. The van der Waals surface area contributed by atoms with Crippen LogP contribution in [0.5, 0.6) is 5.75 Å². The maximum atomic E-state index is 6.25. The number of hydrogen-bond acceptors (Lipinski definition) is 3. The van der Waals surface area contributed by atoms with Crippen molar-refractivity contribution in [3.8, 4) is 5.75 Å². The van der Waals surface area contributed by atoms with E-state index in [2.05, 4.69) is 25.2 Å². The van der Waals surface area contributed by atoms with Crippen LogP contribution in [0.15, 0.2) is 18.2 Å². The predicted octanol–water partition coefficient (Wildman–Crippen LogP) is 4.03. The second kappa shape index (κ2) is 8.62. The Balaban J connectivity index is 1.75. The molecule has 0 aliphatic heterocycles. The predicted molar refractivity (Wildman–Crippen MR) is 87.1 cm³/mol. The smallest absolute Gasteiger partial charge is 0.142 e. The zero-order chi connectivity index (χ0) is 15.1. The van der Waals surface area contributed by atoms with Crippen molar-refractivity contribution >= 4 is 11.6 Å². The lowest BCUT2D eigenvalue weighted by molar-refractivity contribution is 0.0923. The highest BCUT2D eigenvalue weighted by atomic mass is 35.5. The summed E-state index contributed by atoms with van der Waals surface area (Å²) in [6.45, 7) is 7.14. The van der Waals surface area contributed by atoms with E-state index in [0.29, 0.717) is 30.2 Å². The highest BCUT2D eigenvalue weighted by Gasteiger charge is 2.21. The van der Waals surface area contributed by atoms with Crippen LogP contribution in [-0.4, -0.2) is 25.9 Å². The van der Waals surface area contributed by atoms with Crippen LogP contribution in [0.25, 0.3) is 0 Å². The van der Waals surface area contributed by atoms with Gasteiger partial charge >= 0.3 is 0 Å². The Kier molecular flexibility index (Phi) is 6.81. The average Bonchev–Trinajstić information content (AvgIpc) is 3.26. The Labute approximate surface area is 133 Å². The van der Waals surface area contributed by atoms with Crippen LogP contribution in [0.3, 0.4) is 0 Å². The molecule has 0 spiro atoms. The highest BCUT2D eigenvalue weighted by molar-refractivity contribution is 6.32. The van der Waals surface area contributed by atoms with Gasteiger partial charge in [-0.15, -0.1) is 0 Å². The largest absolute Gasteiger partial charge is 0.489 e. The Morgan fingerprint density at radius 2 is 2.05 bits per heavy atom. The minimum absolute atomic E-state index is 0.540. The molecular weight excluding hydrogens is 286 g/mol. The lowest BCUT2D eigenvalue weighted by atomic mass is 10.1. The first-order chi connectivity index (χ1) is 10.2. The van der Waals surface area contributed by atoms with Gasteiger partial charge in [-0.3, -0.25) is 0 Å². The molecule has 3 nitrogen and oxygen atoms in total.